The van der Waals surface area contributed by atoms with Crippen molar-refractivity contribution in [3.05, 3.63) is 34.4 Å². The molecule has 0 heterocycles. The quantitative estimate of drug-likeness (QED) is 0.381. The third kappa shape index (κ3) is 1.50. The lowest BCUT2D eigenvalue weighted by Crippen LogP contribution is -2.04. The molecule has 1 rings (SSSR count). The number of alkyl halides is 1. The average Bonchev–Trinajstić information content (AvgIpc) is 2.13. The molecule has 0 saturated heterocycles. The van der Waals surface area contributed by atoms with Gasteiger partial charge in [0.05, 0.1) is 5.88 Å². The molecule has 13 heavy (non-hydrogen) atoms. The van der Waals surface area contributed by atoms with Gasteiger partial charge in [-0.25, -0.2) is 17.6 Å². The van der Waals surface area contributed by atoms with Crippen LogP contribution in [0.15, 0.2) is 0 Å². The molecule has 0 aromatic heterocycles. The van der Waals surface area contributed by atoms with E-state index in [9.17, 15) is 17.6 Å². The molecule has 0 radical (unpaired) electrons. The van der Waals surface area contributed by atoms with E-state index < -0.39 is 40.3 Å². The number of halogens is 5. The first-order valence-corrected chi connectivity index (χ1v) is 3.91. The van der Waals surface area contributed by atoms with Crippen LogP contribution in [0.5, 0.6) is 0 Å². The van der Waals surface area contributed by atoms with Crippen LogP contribution in [0.25, 0.3) is 0 Å². The highest BCUT2D eigenvalue weighted by Crippen LogP contribution is 2.24. The topological polar surface area (TPSA) is 0 Å². The van der Waals surface area contributed by atoms with Gasteiger partial charge in [0.2, 0.25) is 0 Å². The van der Waals surface area contributed by atoms with Gasteiger partial charge in [-0.2, -0.15) is 0 Å². The minimum absolute atomic E-state index is 0.605. The first kappa shape index (κ1) is 10.3. The van der Waals surface area contributed by atoms with E-state index in [1.165, 1.54) is 0 Å². The van der Waals surface area contributed by atoms with Crippen molar-refractivity contribution in [2.75, 3.05) is 0 Å². The Kier molecular flexibility index (Phi) is 2.81. The molecule has 0 unspecified atom stereocenters. The highest BCUT2D eigenvalue weighted by atomic mass is 35.5. The van der Waals surface area contributed by atoms with Crippen molar-refractivity contribution in [1.82, 2.24) is 0 Å². The zero-order chi connectivity index (χ0) is 10.2. The third-order valence-corrected chi connectivity index (χ3v) is 1.97. The minimum atomic E-state index is -1.42. The second-order valence-electron chi connectivity index (χ2n) is 2.49. The molecule has 0 saturated carbocycles. The number of hydrogen-bond acceptors (Lipinski definition) is 0. The minimum Gasteiger partial charge on any atom is -0.203 e. The van der Waals surface area contributed by atoms with Crippen LogP contribution in [-0.2, 0) is 5.88 Å². The SMILES string of the molecule is Cc1c(F)c(F)c(CCl)c(F)c1F. The van der Waals surface area contributed by atoms with Crippen molar-refractivity contribution in [3.8, 4) is 0 Å². The Balaban J connectivity index is 3.56. The molecule has 0 aliphatic heterocycles. The summed E-state index contributed by atoms with van der Waals surface area (Å²) in [4.78, 5) is 0. The van der Waals surface area contributed by atoms with Crippen LogP contribution < -0.4 is 0 Å². The van der Waals surface area contributed by atoms with Crippen molar-refractivity contribution in [2.24, 2.45) is 0 Å². The van der Waals surface area contributed by atoms with Gasteiger partial charge in [-0.3, -0.25) is 0 Å². The first-order chi connectivity index (χ1) is 6.00. The van der Waals surface area contributed by atoms with E-state index in [1.807, 2.05) is 0 Å². The van der Waals surface area contributed by atoms with E-state index in [0.29, 0.717) is 0 Å². The van der Waals surface area contributed by atoms with Gasteiger partial charge < -0.3 is 0 Å². The van der Waals surface area contributed by atoms with Gasteiger partial charge in [-0.15, -0.1) is 11.6 Å². The summed E-state index contributed by atoms with van der Waals surface area (Å²) in [5.74, 6) is -6.24. The highest BCUT2D eigenvalue weighted by molar-refractivity contribution is 6.17. The normalized spacial score (nSPS) is 10.6. The highest BCUT2D eigenvalue weighted by Gasteiger charge is 2.21. The zero-order valence-electron chi connectivity index (χ0n) is 6.60. The maximum Gasteiger partial charge on any atom is 0.166 e. The fourth-order valence-corrected chi connectivity index (χ4v) is 1.14. The van der Waals surface area contributed by atoms with Crippen LogP contribution >= 0.6 is 11.6 Å². The smallest absolute Gasteiger partial charge is 0.166 e. The molecular weight excluding hydrogens is 208 g/mol. The van der Waals surface area contributed by atoms with Crippen LogP contribution in [0.1, 0.15) is 11.1 Å². The molecule has 0 bridgehead atoms. The Hall–Kier alpha value is -0.770. The summed E-state index contributed by atoms with van der Waals surface area (Å²) < 4.78 is 51.2. The van der Waals surface area contributed by atoms with Gasteiger partial charge in [0.15, 0.2) is 23.3 Å². The van der Waals surface area contributed by atoms with Crippen LogP contribution in [0.3, 0.4) is 0 Å². The summed E-state index contributed by atoms with van der Waals surface area (Å²) in [5.41, 5.74) is -1.45. The molecule has 0 amide bonds. The maximum absolute atomic E-state index is 12.8. The Bertz CT molecular complexity index is 319. The van der Waals surface area contributed by atoms with Crippen LogP contribution in [0.2, 0.25) is 0 Å². The lowest BCUT2D eigenvalue weighted by Gasteiger charge is -2.06. The van der Waals surface area contributed by atoms with Crippen LogP contribution in [0.4, 0.5) is 17.6 Å². The van der Waals surface area contributed by atoms with E-state index in [1.54, 1.807) is 0 Å². The molecule has 0 atom stereocenters. The molecule has 0 aliphatic rings. The van der Waals surface area contributed by atoms with Crippen molar-refractivity contribution in [2.45, 2.75) is 12.8 Å². The second-order valence-corrected chi connectivity index (χ2v) is 2.76. The molecule has 0 nitrogen and oxygen atoms in total. The Labute approximate surface area is 77.1 Å². The van der Waals surface area contributed by atoms with Crippen molar-refractivity contribution < 1.29 is 17.6 Å². The van der Waals surface area contributed by atoms with E-state index in [2.05, 4.69) is 0 Å². The largest absolute Gasteiger partial charge is 0.203 e. The van der Waals surface area contributed by atoms with E-state index in [0.717, 1.165) is 6.92 Å². The molecule has 0 spiro atoms. The van der Waals surface area contributed by atoms with Gasteiger partial charge in [-0.1, -0.05) is 0 Å². The molecular formula is C8H5ClF4. The summed E-state index contributed by atoms with van der Waals surface area (Å²) >= 11 is 5.12. The molecule has 0 fully saturated rings. The monoisotopic (exact) mass is 212 g/mol. The lowest BCUT2D eigenvalue weighted by atomic mass is 10.1. The van der Waals surface area contributed by atoms with Gasteiger partial charge in [0.25, 0.3) is 0 Å². The lowest BCUT2D eigenvalue weighted by molar-refractivity contribution is 0.435. The summed E-state index contributed by atoms with van der Waals surface area (Å²) in [5, 5.41) is 0. The zero-order valence-corrected chi connectivity index (χ0v) is 7.35. The van der Waals surface area contributed by atoms with Crippen LogP contribution in [0, 0.1) is 30.2 Å². The third-order valence-electron chi connectivity index (χ3n) is 1.71. The number of benzene rings is 1. The Morgan fingerprint density at radius 2 is 1.31 bits per heavy atom. The van der Waals surface area contributed by atoms with Gasteiger partial charge >= 0.3 is 0 Å². The van der Waals surface area contributed by atoms with Gasteiger partial charge in [0.1, 0.15) is 0 Å². The molecule has 5 heteroatoms. The first-order valence-electron chi connectivity index (χ1n) is 3.38. The molecule has 0 N–H and O–H groups in total. The summed E-state index contributed by atoms with van der Waals surface area (Å²) in [7, 11) is 0. The summed E-state index contributed by atoms with van der Waals surface area (Å²) in [6, 6.07) is 0. The van der Waals surface area contributed by atoms with Crippen LogP contribution in [-0.4, -0.2) is 0 Å². The average molecular weight is 213 g/mol. The Morgan fingerprint density at radius 3 is 1.62 bits per heavy atom. The molecule has 0 aliphatic carbocycles. The van der Waals surface area contributed by atoms with Crippen molar-refractivity contribution in [1.29, 1.82) is 0 Å². The Morgan fingerprint density at radius 1 is 0.923 bits per heavy atom. The maximum atomic E-state index is 12.8. The second kappa shape index (κ2) is 3.54. The summed E-state index contributed by atoms with van der Waals surface area (Å²) in [6.45, 7) is 0.953. The predicted octanol–water partition coefficient (Wildman–Crippen LogP) is 3.29. The predicted molar refractivity (Wildman–Crippen MR) is 40.6 cm³/mol. The molecule has 72 valence electrons. The van der Waals surface area contributed by atoms with E-state index in [4.69, 9.17) is 11.6 Å². The fourth-order valence-electron chi connectivity index (χ4n) is 0.904. The molecule has 1 aromatic carbocycles. The van der Waals surface area contributed by atoms with E-state index in [-0.39, 0.29) is 0 Å². The van der Waals surface area contributed by atoms with Gasteiger partial charge in [0, 0.05) is 11.1 Å². The van der Waals surface area contributed by atoms with Gasteiger partial charge in [-0.05, 0) is 6.92 Å². The number of rotatable bonds is 1. The fraction of sp³-hybridized carbons (Fsp3) is 0.250. The summed E-state index contributed by atoms with van der Waals surface area (Å²) in [6.07, 6.45) is 0. The molecule has 1 aromatic rings. The van der Waals surface area contributed by atoms with E-state index >= 15 is 0 Å². The van der Waals surface area contributed by atoms with Crippen molar-refractivity contribution in [3.63, 3.8) is 0 Å². The van der Waals surface area contributed by atoms with Crippen molar-refractivity contribution >= 4 is 11.6 Å². The standard InChI is InChI=1S/C8H5ClF4/c1-3-5(10)7(12)4(2-9)8(13)6(3)11/h2H2,1H3. The number of hydrogen-bond donors (Lipinski definition) is 0.